The highest BCUT2D eigenvalue weighted by Crippen LogP contribution is 2.24. The predicted molar refractivity (Wildman–Crippen MR) is 78.0 cm³/mol. The molecule has 0 amide bonds. The van der Waals surface area contributed by atoms with Crippen molar-refractivity contribution in [3.63, 3.8) is 0 Å². The standard InChI is InChI=1S/C15H20BrN/c1-4-6-7-15(17-10-5-2)14-11-13(16)9-8-12(14)3/h8-9,11,15,17H,5,7,10H2,1-3H3. The summed E-state index contributed by atoms with van der Waals surface area (Å²) in [5.74, 6) is 6.15. The molecule has 0 aromatic heterocycles. The van der Waals surface area contributed by atoms with Gasteiger partial charge in [-0.05, 0) is 50.1 Å². The van der Waals surface area contributed by atoms with Gasteiger partial charge in [-0.2, -0.15) is 0 Å². The van der Waals surface area contributed by atoms with Crippen LogP contribution in [0.2, 0.25) is 0 Å². The van der Waals surface area contributed by atoms with Crippen molar-refractivity contribution >= 4 is 15.9 Å². The number of rotatable bonds is 5. The molecule has 1 unspecified atom stereocenters. The normalized spacial score (nSPS) is 11.8. The Morgan fingerprint density at radius 1 is 1.41 bits per heavy atom. The summed E-state index contributed by atoms with van der Waals surface area (Å²) in [6.07, 6.45) is 2.01. The molecule has 1 nitrogen and oxygen atoms in total. The highest BCUT2D eigenvalue weighted by atomic mass is 79.9. The van der Waals surface area contributed by atoms with Crippen LogP contribution in [0.1, 0.15) is 43.9 Å². The molecular weight excluding hydrogens is 274 g/mol. The number of nitrogens with one attached hydrogen (secondary N) is 1. The third-order valence-electron chi connectivity index (χ3n) is 2.74. The van der Waals surface area contributed by atoms with E-state index in [0.29, 0.717) is 6.04 Å². The van der Waals surface area contributed by atoms with Crippen molar-refractivity contribution in [2.75, 3.05) is 6.54 Å². The number of hydrogen-bond donors (Lipinski definition) is 1. The molecule has 1 atom stereocenters. The molecule has 92 valence electrons. The first-order valence-electron chi connectivity index (χ1n) is 6.08. The van der Waals surface area contributed by atoms with Crippen LogP contribution >= 0.6 is 15.9 Å². The summed E-state index contributed by atoms with van der Waals surface area (Å²) in [6.45, 7) is 7.26. The van der Waals surface area contributed by atoms with E-state index in [2.05, 4.69) is 65.1 Å². The Morgan fingerprint density at radius 2 is 2.18 bits per heavy atom. The molecule has 1 N–H and O–H groups in total. The summed E-state index contributed by atoms with van der Waals surface area (Å²) in [4.78, 5) is 0. The Balaban J connectivity index is 2.92. The summed E-state index contributed by atoms with van der Waals surface area (Å²) >= 11 is 3.54. The zero-order chi connectivity index (χ0) is 12.7. The van der Waals surface area contributed by atoms with Crippen LogP contribution in [-0.2, 0) is 0 Å². The van der Waals surface area contributed by atoms with Gasteiger partial charge in [0.2, 0.25) is 0 Å². The van der Waals surface area contributed by atoms with Gasteiger partial charge in [-0.1, -0.05) is 28.9 Å². The van der Waals surface area contributed by atoms with E-state index in [4.69, 9.17) is 0 Å². The molecule has 0 aliphatic carbocycles. The van der Waals surface area contributed by atoms with Gasteiger partial charge in [0.05, 0.1) is 0 Å². The van der Waals surface area contributed by atoms with Crippen LogP contribution in [0, 0.1) is 18.8 Å². The molecule has 0 aliphatic heterocycles. The maximum Gasteiger partial charge on any atom is 0.0433 e. The first kappa shape index (κ1) is 14.3. The maximum atomic E-state index is 3.57. The van der Waals surface area contributed by atoms with Crippen molar-refractivity contribution in [2.45, 2.75) is 39.7 Å². The monoisotopic (exact) mass is 293 g/mol. The van der Waals surface area contributed by atoms with Crippen LogP contribution in [0.5, 0.6) is 0 Å². The van der Waals surface area contributed by atoms with Crippen molar-refractivity contribution in [3.05, 3.63) is 33.8 Å². The Hall–Kier alpha value is -0.780. The van der Waals surface area contributed by atoms with Crippen molar-refractivity contribution in [3.8, 4) is 11.8 Å². The van der Waals surface area contributed by atoms with Crippen LogP contribution in [0.25, 0.3) is 0 Å². The van der Waals surface area contributed by atoms with Gasteiger partial charge in [-0.3, -0.25) is 0 Å². The number of hydrogen-bond acceptors (Lipinski definition) is 1. The summed E-state index contributed by atoms with van der Waals surface area (Å²) in [5, 5.41) is 3.57. The molecular formula is C15H20BrN. The molecule has 0 saturated heterocycles. The third kappa shape index (κ3) is 4.53. The molecule has 2 heteroatoms. The van der Waals surface area contributed by atoms with E-state index < -0.39 is 0 Å². The largest absolute Gasteiger partial charge is 0.309 e. The lowest BCUT2D eigenvalue weighted by molar-refractivity contribution is 0.540. The second-order valence-corrected chi connectivity index (χ2v) is 5.05. The van der Waals surface area contributed by atoms with E-state index in [-0.39, 0.29) is 0 Å². The van der Waals surface area contributed by atoms with Crippen LogP contribution in [0.3, 0.4) is 0 Å². The van der Waals surface area contributed by atoms with Gasteiger partial charge in [-0.25, -0.2) is 0 Å². The topological polar surface area (TPSA) is 12.0 Å². The molecule has 17 heavy (non-hydrogen) atoms. The Labute approximate surface area is 113 Å². The van der Waals surface area contributed by atoms with Gasteiger partial charge in [0.25, 0.3) is 0 Å². The molecule has 1 aromatic rings. The third-order valence-corrected chi connectivity index (χ3v) is 3.23. The maximum absolute atomic E-state index is 3.57. The minimum absolute atomic E-state index is 0.333. The van der Waals surface area contributed by atoms with E-state index in [1.807, 2.05) is 6.92 Å². The quantitative estimate of drug-likeness (QED) is 0.802. The summed E-state index contributed by atoms with van der Waals surface area (Å²) in [5.41, 5.74) is 2.66. The molecule has 0 saturated carbocycles. The SMILES string of the molecule is CC#CCC(NCCC)c1cc(Br)ccc1C. The van der Waals surface area contributed by atoms with Crippen LogP contribution in [0.15, 0.2) is 22.7 Å². The first-order chi connectivity index (χ1) is 8.19. The van der Waals surface area contributed by atoms with E-state index in [1.54, 1.807) is 0 Å². The average molecular weight is 294 g/mol. The molecule has 0 radical (unpaired) electrons. The van der Waals surface area contributed by atoms with E-state index in [1.165, 1.54) is 11.1 Å². The van der Waals surface area contributed by atoms with Crippen molar-refractivity contribution in [2.24, 2.45) is 0 Å². The molecule has 0 spiro atoms. The van der Waals surface area contributed by atoms with Gasteiger partial charge in [0.1, 0.15) is 0 Å². The van der Waals surface area contributed by atoms with Gasteiger partial charge in [0, 0.05) is 16.9 Å². The van der Waals surface area contributed by atoms with E-state index in [0.717, 1.165) is 23.9 Å². The lowest BCUT2D eigenvalue weighted by Crippen LogP contribution is -2.22. The second-order valence-electron chi connectivity index (χ2n) is 4.14. The van der Waals surface area contributed by atoms with E-state index in [9.17, 15) is 0 Å². The van der Waals surface area contributed by atoms with Gasteiger partial charge >= 0.3 is 0 Å². The zero-order valence-corrected chi connectivity index (χ0v) is 12.4. The molecule has 1 rings (SSSR count). The predicted octanol–water partition coefficient (Wildman–Crippen LogP) is 4.21. The number of benzene rings is 1. The minimum Gasteiger partial charge on any atom is -0.309 e. The number of aryl methyl sites for hydroxylation is 1. The lowest BCUT2D eigenvalue weighted by atomic mass is 9.99. The highest BCUT2D eigenvalue weighted by Gasteiger charge is 2.12. The van der Waals surface area contributed by atoms with E-state index >= 15 is 0 Å². The Bertz CT molecular complexity index is 415. The lowest BCUT2D eigenvalue weighted by Gasteiger charge is -2.19. The molecule has 0 bridgehead atoms. The fourth-order valence-corrected chi connectivity index (χ4v) is 2.18. The van der Waals surface area contributed by atoms with Gasteiger partial charge in [0.15, 0.2) is 0 Å². The second kappa shape index (κ2) is 7.53. The van der Waals surface area contributed by atoms with Crippen LogP contribution in [-0.4, -0.2) is 6.54 Å². The minimum atomic E-state index is 0.333. The summed E-state index contributed by atoms with van der Waals surface area (Å²) in [7, 11) is 0. The highest BCUT2D eigenvalue weighted by molar-refractivity contribution is 9.10. The summed E-state index contributed by atoms with van der Waals surface area (Å²) < 4.78 is 1.13. The summed E-state index contributed by atoms with van der Waals surface area (Å²) in [6, 6.07) is 6.76. The fraction of sp³-hybridized carbons (Fsp3) is 0.467. The smallest absolute Gasteiger partial charge is 0.0433 e. The number of halogens is 1. The van der Waals surface area contributed by atoms with Gasteiger partial charge in [-0.15, -0.1) is 11.8 Å². The van der Waals surface area contributed by atoms with Gasteiger partial charge < -0.3 is 5.32 Å². The van der Waals surface area contributed by atoms with Crippen LogP contribution < -0.4 is 5.32 Å². The van der Waals surface area contributed by atoms with Crippen molar-refractivity contribution in [1.29, 1.82) is 0 Å². The van der Waals surface area contributed by atoms with Crippen LogP contribution in [0.4, 0.5) is 0 Å². The molecule has 0 fully saturated rings. The Morgan fingerprint density at radius 3 is 2.82 bits per heavy atom. The zero-order valence-electron chi connectivity index (χ0n) is 10.8. The van der Waals surface area contributed by atoms with Crippen molar-refractivity contribution in [1.82, 2.24) is 5.32 Å². The Kier molecular flexibility index (Phi) is 6.32. The molecule has 0 heterocycles. The first-order valence-corrected chi connectivity index (χ1v) is 6.87. The van der Waals surface area contributed by atoms with Crippen molar-refractivity contribution < 1.29 is 0 Å². The molecule has 1 aromatic carbocycles. The fourth-order valence-electron chi connectivity index (χ4n) is 1.80. The molecule has 0 aliphatic rings. The average Bonchev–Trinajstić information content (AvgIpc) is 2.33.